The molecule has 2 N–H and O–H groups in total. The molecule has 3 heterocycles. The van der Waals surface area contributed by atoms with Gasteiger partial charge < -0.3 is 24.8 Å². The summed E-state index contributed by atoms with van der Waals surface area (Å²) >= 11 is 21.0. The summed E-state index contributed by atoms with van der Waals surface area (Å²) in [7, 11) is 1.55. The minimum atomic E-state index is -1.72. The maximum atomic E-state index is 13.7. The van der Waals surface area contributed by atoms with E-state index in [2.05, 4.69) is 10.6 Å². The van der Waals surface area contributed by atoms with Gasteiger partial charge in [-0.05, 0) is 35.4 Å². The number of thioether (sulfide) groups is 2. The van der Waals surface area contributed by atoms with Crippen molar-refractivity contribution in [1.29, 1.82) is 0 Å². The van der Waals surface area contributed by atoms with Crippen LogP contribution in [0.3, 0.4) is 0 Å². The van der Waals surface area contributed by atoms with Gasteiger partial charge in [0.25, 0.3) is 5.91 Å². The lowest BCUT2D eigenvalue weighted by molar-refractivity contribution is -0.155. The molecule has 0 saturated carbocycles. The van der Waals surface area contributed by atoms with Crippen LogP contribution in [0, 0.1) is 0 Å². The van der Waals surface area contributed by atoms with E-state index in [1.807, 2.05) is 17.5 Å². The van der Waals surface area contributed by atoms with Crippen molar-refractivity contribution in [2.75, 3.05) is 32.3 Å². The number of alkyl carbamates (subject to hydrolysis) is 1. The largest absolute Gasteiger partial charge is 0.497 e. The molecule has 0 radical (unpaired) electrons. The Labute approximate surface area is 269 Å². The minimum Gasteiger partial charge on any atom is -0.497 e. The molecule has 0 aliphatic carbocycles. The van der Waals surface area contributed by atoms with Crippen LogP contribution in [-0.2, 0) is 36.9 Å². The van der Waals surface area contributed by atoms with Crippen LogP contribution in [0.25, 0.3) is 0 Å². The van der Waals surface area contributed by atoms with E-state index in [-0.39, 0.29) is 43.5 Å². The van der Waals surface area contributed by atoms with Crippen molar-refractivity contribution in [3.63, 3.8) is 0 Å². The van der Waals surface area contributed by atoms with Crippen LogP contribution < -0.4 is 15.4 Å². The number of hydrogen-bond acceptors (Lipinski definition) is 10. The van der Waals surface area contributed by atoms with Crippen molar-refractivity contribution in [3.05, 3.63) is 63.5 Å². The number of nitrogens with zero attached hydrogens (tertiary/aromatic N) is 1. The van der Waals surface area contributed by atoms with Crippen LogP contribution in [-0.4, -0.2) is 75.1 Å². The summed E-state index contributed by atoms with van der Waals surface area (Å²) in [5, 5.41) is 6.49. The molecular formula is C26H26Cl3N3O7S3. The molecule has 0 bridgehead atoms. The first-order chi connectivity index (χ1) is 20.0. The Morgan fingerprint density at radius 2 is 1.88 bits per heavy atom. The molecule has 1 saturated heterocycles. The number of nitrogens with one attached hydrogen (secondary N) is 2. The molecule has 226 valence electrons. The van der Waals surface area contributed by atoms with Gasteiger partial charge in [0.2, 0.25) is 9.70 Å². The Balaban J connectivity index is 1.53. The van der Waals surface area contributed by atoms with Crippen molar-refractivity contribution in [1.82, 2.24) is 15.5 Å². The van der Waals surface area contributed by atoms with Crippen LogP contribution in [0.15, 0.2) is 53.0 Å². The number of methoxy groups -OCH3 is 1. The third-order valence-electron chi connectivity index (χ3n) is 6.21. The fourth-order valence-corrected chi connectivity index (χ4v) is 7.70. The maximum Gasteiger partial charge on any atom is 0.407 e. The van der Waals surface area contributed by atoms with Gasteiger partial charge in [0, 0.05) is 16.2 Å². The first kappa shape index (κ1) is 32.6. The van der Waals surface area contributed by atoms with Crippen molar-refractivity contribution >= 4 is 93.5 Å². The number of hydrogen-bond donors (Lipinski definition) is 2. The highest BCUT2D eigenvalue weighted by Gasteiger charge is 2.65. The average molecular weight is 695 g/mol. The molecule has 1 aromatic heterocycles. The van der Waals surface area contributed by atoms with Crippen LogP contribution in [0.4, 0.5) is 4.79 Å². The molecule has 10 nitrogen and oxygen atoms in total. The van der Waals surface area contributed by atoms with Crippen molar-refractivity contribution in [2.24, 2.45) is 0 Å². The first-order valence-electron chi connectivity index (χ1n) is 12.3. The summed E-state index contributed by atoms with van der Waals surface area (Å²) in [5.41, 5.74) is 1.02. The Kier molecular flexibility index (Phi) is 10.9. The van der Waals surface area contributed by atoms with Gasteiger partial charge in [-0.3, -0.25) is 14.5 Å². The Hall–Kier alpha value is -2.29. The van der Waals surface area contributed by atoms with Gasteiger partial charge in [-0.25, -0.2) is 9.59 Å². The topological polar surface area (TPSA) is 123 Å². The minimum absolute atomic E-state index is 0.0383. The zero-order valence-corrected chi connectivity index (χ0v) is 27.0. The normalized spacial score (nSPS) is 19.9. The van der Waals surface area contributed by atoms with Gasteiger partial charge in [-0.15, -0.1) is 34.9 Å². The number of fused-ring (bicyclic) bond motifs is 1. The third-order valence-corrected chi connectivity index (χ3v) is 10.2. The van der Waals surface area contributed by atoms with Gasteiger partial charge >= 0.3 is 12.1 Å². The molecule has 0 spiro atoms. The van der Waals surface area contributed by atoms with Crippen molar-refractivity contribution in [3.8, 4) is 5.75 Å². The standard InChI is InChI=1S/C26H26Cl3N3O7S3/c1-37-17-7-5-15(6-8-17)11-38-21(34)20-16(12-39-24(36)30-14-25(27,28)29)13-42-23-26(40-2,22(35)32(20)23)31-19(33)10-18-4-3-9-41-18/h3-9,23H,10-14H2,1-2H3,(H,30,36)(H,31,33)/t23-,26?/m0/s1. The zero-order chi connectivity index (χ0) is 30.5. The van der Waals surface area contributed by atoms with Gasteiger partial charge in [-0.1, -0.05) is 53.0 Å². The fraction of sp³-hybridized carbons (Fsp3) is 0.385. The van der Waals surface area contributed by atoms with Crippen LogP contribution in [0.1, 0.15) is 10.4 Å². The molecular weight excluding hydrogens is 669 g/mol. The summed E-state index contributed by atoms with van der Waals surface area (Å²) in [4.78, 5) is 53.1. The number of esters is 1. The second-order valence-corrected chi connectivity index (χ2v) is 14.7. The second kappa shape index (κ2) is 14.0. The summed E-state index contributed by atoms with van der Waals surface area (Å²) in [6, 6.07) is 10.6. The molecule has 4 rings (SSSR count). The average Bonchev–Trinajstić information content (AvgIpc) is 3.48. The van der Waals surface area contributed by atoms with E-state index in [0.717, 1.165) is 4.88 Å². The van der Waals surface area contributed by atoms with E-state index < -0.39 is 32.0 Å². The van der Waals surface area contributed by atoms with E-state index >= 15 is 0 Å². The molecule has 2 aliphatic rings. The molecule has 3 amide bonds. The quantitative estimate of drug-likeness (QED) is 0.152. The number of alkyl halides is 3. The summed E-state index contributed by atoms with van der Waals surface area (Å²) in [5.74, 6) is -0.700. The number of rotatable bonds is 11. The Bertz CT molecular complexity index is 1350. The summed E-state index contributed by atoms with van der Waals surface area (Å²) in [6.45, 7) is -0.691. The van der Waals surface area contributed by atoms with Crippen LogP contribution in [0.5, 0.6) is 5.75 Å². The van der Waals surface area contributed by atoms with Gasteiger partial charge in [0.1, 0.15) is 30.0 Å². The number of ether oxygens (including phenoxy) is 3. The first-order valence-corrected chi connectivity index (χ1v) is 16.6. The number of carbonyl (C=O) groups excluding carboxylic acids is 4. The number of carbonyl (C=O) groups is 4. The van der Waals surface area contributed by atoms with Gasteiger partial charge in [-0.2, -0.15) is 0 Å². The fourth-order valence-electron chi connectivity index (χ4n) is 4.18. The van der Waals surface area contributed by atoms with E-state index in [1.54, 1.807) is 37.6 Å². The number of thiophene rings is 1. The molecule has 1 unspecified atom stereocenters. The lowest BCUT2D eigenvalue weighted by atomic mass is 10.0. The molecule has 1 fully saturated rings. The molecule has 2 aliphatic heterocycles. The monoisotopic (exact) mass is 693 g/mol. The highest BCUT2D eigenvalue weighted by atomic mass is 35.6. The van der Waals surface area contributed by atoms with Crippen LogP contribution in [0.2, 0.25) is 0 Å². The van der Waals surface area contributed by atoms with E-state index in [0.29, 0.717) is 16.9 Å². The lowest BCUT2D eigenvalue weighted by Gasteiger charge is -2.56. The zero-order valence-electron chi connectivity index (χ0n) is 22.3. The summed E-state index contributed by atoms with van der Waals surface area (Å²) < 4.78 is 14.3. The Morgan fingerprint density at radius 1 is 1.14 bits per heavy atom. The summed E-state index contributed by atoms with van der Waals surface area (Å²) in [6.07, 6.45) is 0.973. The SMILES string of the molecule is COc1ccc(COC(=O)C2=C(COC(=O)NCC(Cl)(Cl)Cl)CS[C@@H]3N2C(=O)C3(NC(=O)Cc2cccs2)SC)cc1. The Morgan fingerprint density at radius 3 is 2.50 bits per heavy atom. The van der Waals surface area contributed by atoms with Gasteiger partial charge in [0.15, 0.2) is 4.87 Å². The molecule has 2 atom stereocenters. The predicted octanol–water partition coefficient (Wildman–Crippen LogP) is 4.48. The smallest absolute Gasteiger partial charge is 0.407 e. The predicted molar refractivity (Wildman–Crippen MR) is 165 cm³/mol. The lowest BCUT2D eigenvalue weighted by Crippen LogP contribution is -2.78. The molecule has 1 aromatic carbocycles. The van der Waals surface area contributed by atoms with Gasteiger partial charge in [0.05, 0.1) is 20.1 Å². The highest BCUT2D eigenvalue weighted by molar-refractivity contribution is 8.05. The number of amides is 3. The van der Waals surface area contributed by atoms with E-state index in [1.165, 1.54) is 39.8 Å². The van der Waals surface area contributed by atoms with Crippen LogP contribution >= 0.6 is 69.7 Å². The molecule has 42 heavy (non-hydrogen) atoms. The maximum absolute atomic E-state index is 13.7. The van der Waals surface area contributed by atoms with E-state index in [9.17, 15) is 19.2 Å². The van der Waals surface area contributed by atoms with E-state index in [4.69, 9.17) is 49.0 Å². The highest BCUT2D eigenvalue weighted by Crippen LogP contribution is 2.51. The van der Waals surface area contributed by atoms with Crippen molar-refractivity contribution < 1.29 is 33.4 Å². The molecule has 2 aromatic rings. The third kappa shape index (κ3) is 7.61. The number of benzene rings is 1. The number of halogens is 3. The second-order valence-electron chi connectivity index (χ2n) is 9.00. The molecule has 16 heteroatoms. The van der Waals surface area contributed by atoms with Crippen molar-refractivity contribution in [2.45, 2.75) is 27.1 Å². The number of β-lactam (4-membered cyclic amide) rings is 1.